The van der Waals surface area contributed by atoms with Crippen molar-refractivity contribution in [2.24, 2.45) is 5.41 Å². The Morgan fingerprint density at radius 2 is 2.06 bits per heavy atom. The van der Waals surface area contributed by atoms with E-state index in [0.29, 0.717) is 0 Å². The van der Waals surface area contributed by atoms with Crippen LogP contribution in [-0.2, 0) is 4.79 Å². The highest BCUT2D eigenvalue weighted by atomic mass is 16.4. The first-order valence-electron chi connectivity index (χ1n) is 5.76. The smallest absolute Gasteiger partial charge is 0.304 e. The van der Waals surface area contributed by atoms with Crippen LogP contribution in [0.3, 0.4) is 0 Å². The van der Waals surface area contributed by atoms with Gasteiger partial charge in [-0.05, 0) is 23.0 Å². The summed E-state index contributed by atoms with van der Waals surface area (Å²) in [4.78, 5) is 10.8. The fourth-order valence-corrected chi connectivity index (χ4v) is 2.09. The van der Waals surface area contributed by atoms with Gasteiger partial charge in [0.1, 0.15) is 0 Å². The van der Waals surface area contributed by atoms with Gasteiger partial charge >= 0.3 is 5.97 Å². The van der Waals surface area contributed by atoms with Crippen LogP contribution in [-0.4, -0.2) is 11.1 Å². The van der Waals surface area contributed by atoms with Crippen molar-refractivity contribution >= 4 is 11.5 Å². The third-order valence-corrected chi connectivity index (χ3v) is 3.12. The van der Waals surface area contributed by atoms with Crippen molar-refractivity contribution in [1.82, 2.24) is 0 Å². The van der Waals surface area contributed by atoms with Crippen LogP contribution >= 0.6 is 0 Å². The number of benzene rings is 1. The molecular weight excluding hydrogens is 212 g/mol. The molecule has 0 aliphatic heterocycles. The topological polar surface area (TPSA) is 37.3 Å². The zero-order chi connectivity index (χ0) is 12.3. The molecule has 0 fully saturated rings. The second kappa shape index (κ2) is 4.58. The van der Waals surface area contributed by atoms with E-state index >= 15 is 0 Å². The number of rotatable bonds is 3. The number of carbonyl (C=O) groups is 1. The Kier molecular flexibility index (Phi) is 3.14. The van der Waals surface area contributed by atoms with Crippen LogP contribution in [0, 0.1) is 5.41 Å². The number of hydrogen-bond donors (Lipinski definition) is 1. The standard InChI is InChI=1S/C15H16O2/c1-15(11-14(16)17)9-7-13(8-10-15)12-5-3-2-4-6-12/h2-9H,10-11H2,1H3,(H,16,17). The molecule has 1 aliphatic rings. The highest BCUT2D eigenvalue weighted by Crippen LogP contribution is 2.35. The molecule has 1 aromatic carbocycles. The van der Waals surface area contributed by atoms with E-state index in [0.717, 1.165) is 6.42 Å². The van der Waals surface area contributed by atoms with Gasteiger partial charge in [-0.3, -0.25) is 4.79 Å². The van der Waals surface area contributed by atoms with Crippen LogP contribution in [0.15, 0.2) is 48.6 Å². The maximum atomic E-state index is 10.8. The first-order valence-corrected chi connectivity index (χ1v) is 5.76. The zero-order valence-corrected chi connectivity index (χ0v) is 9.89. The largest absolute Gasteiger partial charge is 0.481 e. The normalized spacial score (nSPS) is 23.2. The maximum Gasteiger partial charge on any atom is 0.304 e. The molecule has 0 saturated heterocycles. The van der Waals surface area contributed by atoms with Gasteiger partial charge in [-0.1, -0.05) is 55.5 Å². The maximum absolute atomic E-state index is 10.8. The van der Waals surface area contributed by atoms with Crippen LogP contribution in [0.1, 0.15) is 25.3 Å². The van der Waals surface area contributed by atoms with Gasteiger partial charge in [-0.2, -0.15) is 0 Å². The molecule has 17 heavy (non-hydrogen) atoms. The molecule has 0 radical (unpaired) electrons. The predicted octanol–water partition coefficient (Wildman–Crippen LogP) is 3.51. The molecule has 2 nitrogen and oxygen atoms in total. The molecule has 2 rings (SSSR count). The van der Waals surface area contributed by atoms with Crippen molar-refractivity contribution in [3.63, 3.8) is 0 Å². The fourth-order valence-electron chi connectivity index (χ4n) is 2.09. The van der Waals surface area contributed by atoms with Crippen molar-refractivity contribution in [3.8, 4) is 0 Å². The molecule has 1 aromatic rings. The second-order valence-electron chi connectivity index (χ2n) is 4.79. The Balaban J connectivity index is 2.14. The van der Waals surface area contributed by atoms with E-state index in [4.69, 9.17) is 5.11 Å². The highest BCUT2D eigenvalue weighted by molar-refractivity contribution is 5.76. The van der Waals surface area contributed by atoms with Crippen LogP contribution < -0.4 is 0 Å². The minimum atomic E-state index is -0.742. The molecule has 0 spiro atoms. The molecule has 0 saturated carbocycles. The van der Waals surface area contributed by atoms with Gasteiger partial charge in [-0.15, -0.1) is 0 Å². The van der Waals surface area contributed by atoms with Crippen molar-refractivity contribution in [2.45, 2.75) is 19.8 Å². The van der Waals surface area contributed by atoms with E-state index < -0.39 is 5.97 Å². The lowest BCUT2D eigenvalue weighted by Gasteiger charge is -2.26. The molecule has 1 aliphatic carbocycles. The number of carboxylic acid groups (broad SMARTS) is 1. The lowest BCUT2D eigenvalue weighted by Crippen LogP contribution is -2.19. The van der Waals surface area contributed by atoms with E-state index in [1.54, 1.807) is 0 Å². The van der Waals surface area contributed by atoms with Gasteiger partial charge in [0.25, 0.3) is 0 Å². The summed E-state index contributed by atoms with van der Waals surface area (Å²) in [5.41, 5.74) is 2.11. The van der Waals surface area contributed by atoms with Crippen LogP contribution in [0.5, 0.6) is 0 Å². The Morgan fingerprint density at radius 3 is 2.59 bits per heavy atom. The molecule has 0 bridgehead atoms. The third-order valence-electron chi connectivity index (χ3n) is 3.12. The van der Waals surface area contributed by atoms with Crippen molar-refractivity contribution in [2.75, 3.05) is 0 Å². The first-order chi connectivity index (χ1) is 8.09. The number of aliphatic carboxylic acids is 1. The van der Waals surface area contributed by atoms with Gasteiger partial charge in [-0.25, -0.2) is 0 Å². The van der Waals surface area contributed by atoms with Crippen LogP contribution in [0.2, 0.25) is 0 Å². The monoisotopic (exact) mass is 228 g/mol. The zero-order valence-electron chi connectivity index (χ0n) is 9.89. The second-order valence-corrected chi connectivity index (χ2v) is 4.79. The van der Waals surface area contributed by atoms with E-state index in [1.807, 2.05) is 37.3 Å². The van der Waals surface area contributed by atoms with Crippen molar-refractivity contribution in [3.05, 3.63) is 54.1 Å². The Hall–Kier alpha value is -1.83. The van der Waals surface area contributed by atoms with E-state index in [9.17, 15) is 4.79 Å². The lowest BCUT2D eigenvalue weighted by molar-refractivity contribution is -0.138. The lowest BCUT2D eigenvalue weighted by atomic mass is 9.78. The van der Waals surface area contributed by atoms with Gasteiger partial charge in [0.05, 0.1) is 6.42 Å². The Bertz CT molecular complexity index is 471. The molecule has 1 N–H and O–H groups in total. The number of hydrogen-bond acceptors (Lipinski definition) is 1. The van der Waals surface area contributed by atoms with Crippen molar-refractivity contribution in [1.29, 1.82) is 0 Å². The van der Waals surface area contributed by atoms with E-state index in [2.05, 4.69) is 18.2 Å². The SMILES string of the molecule is CC1(CC(=O)O)C=CC(c2ccccc2)=CC1. The van der Waals surface area contributed by atoms with E-state index in [1.165, 1.54) is 11.1 Å². The fraction of sp³-hybridized carbons (Fsp3) is 0.267. The molecular formula is C15H16O2. The van der Waals surface area contributed by atoms with Crippen molar-refractivity contribution < 1.29 is 9.90 Å². The summed E-state index contributed by atoms with van der Waals surface area (Å²) < 4.78 is 0. The summed E-state index contributed by atoms with van der Waals surface area (Å²) in [6.45, 7) is 1.98. The summed E-state index contributed by atoms with van der Waals surface area (Å²) in [6.07, 6.45) is 7.13. The first kappa shape index (κ1) is 11.6. The molecule has 2 heteroatoms. The minimum Gasteiger partial charge on any atom is -0.481 e. The molecule has 0 aromatic heterocycles. The van der Waals surface area contributed by atoms with Gasteiger partial charge in [0, 0.05) is 0 Å². The number of allylic oxidation sites excluding steroid dienone is 4. The molecule has 1 atom stereocenters. The van der Waals surface area contributed by atoms with Gasteiger partial charge in [0.15, 0.2) is 0 Å². The Labute approximate surface area is 101 Å². The molecule has 0 heterocycles. The summed E-state index contributed by atoms with van der Waals surface area (Å²) in [5.74, 6) is -0.742. The van der Waals surface area contributed by atoms with Gasteiger partial charge < -0.3 is 5.11 Å². The summed E-state index contributed by atoms with van der Waals surface area (Å²) >= 11 is 0. The molecule has 1 unspecified atom stereocenters. The Morgan fingerprint density at radius 1 is 1.35 bits per heavy atom. The summed E-state index contributed by atoms with van der Waals surface area (Å²) in [7, 11) is 0. The third kappa shape index (κ3) is 2.84. The highest BCUT2D eigenvalue weighted by Gasteiger charge is 2.25. The number of carboxylic acids is 1. The average Bonchev–Trinajstić information content (AvgIpc) is 2.29. The van der Waals surface area contributed by atoms with Gasteiger partial charge in [0.2, 0.25) is 0 Å². The minimum absolute atomic E-state index is 0.183. The summed E-state index contributed by atoms with van der Waals surface area (Å²) in [5, 5.41) is 8.86. The average molecular weight is 228 g/mol. The summed E-state index contributed by atoms with van der Waals surface area (Å²) in [6, 6.07) is 10.1. The van der Waals surface area contributed by atoms with Crippen LogP contribution in [0.25, 0.3) is 5.57 Å². The predicted molar refractivity (Wildman–Crippen MR) is 68.5 cm³/mol. The van der Waals surface area contributed by atoms with Crippen LogP contribution in [0.4, 0.5) is 0 Å². The molecule has 0 amide bonds. The molecule has 88 valence electrons. The quantitative estimate of drug-likeness (QED) is 0.859. The van der Waals surface area contributed by atoms with E-state index in [-0.39, 0.29) is 11.8 Å².